The third-order valence-electron chi connectivity index (χ3n) is 6.00. The molecule has 4 aromatic rings. The quantitative estimate of drug-likeness (QED) is 0.163. The molecule has 0 unspecified atom stereocenters. The van der Waals surface area contributed by atoms with E-state index < -0.39 is 30.4 Å². The van der Waals surface area contributed by atoms with Crippen molar-refractivity contribution in [1.29, 1.82) is 0 Å². The molecule has 196 valence electrons. The number of halogens is 1. The molecule has 0 saturated carbocycles. The number of aliphatic hydroxyl groups excluding tert-OH is 1. The third-order valence-corrected chi connectivity index (χ3v) is 6.24. The molecule has 5 rings (SSSR count). The summed E-state index contributed by atoms with van der Waals surface area (Å²) in [5.41, 5.74) is 11.3. The van der Waals surface area contributed by atoms with E-state index in [1.165, 1.54) is 24.3 Å². The number of carbonyl (C=O) groups is 1. The van der Waals surface area contributed by atoms with Gasteiger partial charge in [-0.05, 0) is 29.8 Å². The van der Waals surface area contributed by atoms with Gasteiger partial charge in [-0.2, -0.15) is 0 Å². The molecule has 0 aliphatic carbocycles. The lowest BCUT2D eigenvalue weighted by Gasteiger charge is -2.17. The first kappa shape index (κ1) is 25.3. The van der Waals surface area contributed by atoms with Crippen molar-refractivity contribution in [3.05, 3.63) is 76.0 Å². The van der Waals surface area contributed by atoms with Crippen LogP contribution in [-0.2, 0) is 22.7 Å². The van der Waals surface area contributed by atoms with E-state index in [0.29, 0.717) is 40.9 Å². The number of aromatic nitrogens is 4. The molecule has 1 fully saturated rings. The highest BCUT2D eigenvalue weighted by Crippen LogP contribution is 2.34. The number of hydrogen-bond acceptors (Lipinski definition) is 10. The summed E-state index contributed by atoms with van der Waals surface area (Å²) in [6, 6.07) is 5.99. The fraction of sp³-hybridized carbons (Fsp3) is 0.304. The maximum Gasteiger partial charge on any atom is 0.249 e. The molecular formula is C23H22ClN9O5. The van der Waals surface area contributed by atoms with Crippen LogP contribution in [0.5, 0.6) is 5.75 Å². The number of azide groups is 1. The molecule has 1 amide bonds. The van der Waals surface area contributed by atoms with Crippen molar-refractivity contribution in [3.63, 3.8) is 0 Å². The minimum atomic E-state index is -1.32. The Morgan fingerprint density at radius 2 is 2.21 bits per heavy atom. The molecule has 4 atom stereocenters. The van der Waals surface area contributed by atoms with E-state index in [0.717, 1.165) is 11.1 Å². The number of furan rings is 1. The van der Waals surface area contributed by atoms with Gasteiger partial charge in [-0.3, -0.25) is 9.36 Å². The van der Waals surface area contributed by atoms with Gasteiger partial charge in [0.2, 0.25) is 5.91 Å². The number of ether oxygens (including phenoxy) is 2. The van der Waals surface area contributed by atoms with Gasteiger partial charge in [0.15, 0.2) is 23.2 Å². The van der Waals surface area contributed by atoms with E-state index in [-0.39, 0.29) is 0 Å². The summed E-state index contributed by atoms with van der Waals surface area (Å²) < 4.78 is 18.3. The summed E-state index contributed by atoms with van der Waals surface area (Å²) in [6.07, 6.45) is 2.36. The van der Waals surface area contributed by atoms with Gasteiger partial charge >= 0.3 is 0 Å². The Morgan fingerprint density at radius 3 is 2.97 bits per heavy atom. The lowest BCUT2D eigenvalue weighted by Crippen LogP contribution is -2.40. The number of carbonyl (C=O) groups excluding carboxylic acids is 1. The molecule has 4 heterocycles. The lowest BCUT2D eigenvalue weighted by molar-refractivity contribution is -0.134. The second kappa shape index (κ2) is 10.9. The van der Waals surface area contributed by atoms with Crippen LogP contribution in [0.1, 0.15) is 17.4 Å². The third kappa shape index (κ3) is 4.93. The molecule has 38 heavy (non-hydrogen) atoms. The number of fused-ring (bicyclic) bond motifs is 1. The molecule has 0 radical (unpaired) electrons. The van der Waals surface area contributed by atoms with Gasteiger partial charge in [-0.1, -0.05) is 16.7 Å². The summed E-state index contributed by atoms with van der Waals surface area (Å²) >= 11 is 6.23. The number of anilines is 1. The smallest absolute Gasteiger partial charge is 0.249 e. The lowest BCUT2D eigenvalue weighted by atomic mass is 10.1. The molecule has 1 aliphatic heterocycles. The van der Waals surface area contributed by atoms with Gasteiger partial charge in [0.05, 0.1) is 18.9 Å². The topological polar surface area (TPSA) is 185 Å². The number of benzene rings is 1. The monoisotopic (exact) mass is 539 g/mol. The van der Waals surface area contributed by atoms with Gasteiger partial charge in [-0.25, -0.2) is 15.0 Å². The second-order valence-electron chi connectivity index (χ2n) is 8.32. The summed E-state index contributed by atoms with van der Waals surface area (Å²) in [5.74, 6) is 0.514. The zero-order chi connectivity index (χ0) is 26.6. The fourth-order valence-electron chi connectivity index (χ4n) is 4.15. The molecule has 3 aromatic heterocycles. The Bertz CT molecular complexity index is 1490. The average Bonchev–Trinajstić information content (AvgIpc) is 3.67. The van der Waals surface area contributed by atoms with Crippen LogP contribution in [0, 0.1) is 0 Å². The van der Waals surface area contributed by atoms with Gasteiger partial charge in [0.1, 0.15) is 36.9 Å². The zero-order valence-electron chi connectivity index (χ0n) is 19.9. The molecular weight excluding hydrogens is 518 g/mol. The fourth-order valence-corrected chi connectivity index (χ4v) is 4.34. The van der Waals surface area contributed by atoms with E-state index in [2.05, 4.69) is 35.6 Å². The summed E-state index contributed by atoms with van der Waals surface area (Å²) in [5, 5.41) is 20.6. The van der Waals surface area contributed by atoms with Crippen LogP contribution in [0.3, 0.4) is 0 Å². The minimum absolute atomic E-state index is 0.306. The van der Waals surface area contributed by atoms with Gasteiger partial charge in [0, 0.05) is 34.7 Å². The van der Waals surface area contributed by atoms with E-state index in [9.17, 15) is 9.90 Å². The number of hydrogen-bond donors (Lipinski definition) is 3. The molecule has 1 saturated heterocycles. The van der Waals surface area contributed by atoms with Crippen molar-refractivity contribution in [1.82, 2.24) is 24.8 Å². The number of amides is 1. The van der Waals surface area contributed by atoms with Crippen molar-refractivity contribution in [2.45, 2.75) is 37.6 Å². The molecule has 1 aliphatic rings. The number of imidazole rings is 1. The number of aliphatic hydroxyl groups is 1. The Kier molecular flexibility index (Phi) is 7.29. The van der Waals surface area contributed by atoms with E-state index in [1.54, 1.807) is 30.7 Å². The largest absolute Gasteiger partial charge is 0.488 e. The highest BCUT2D eigenvalue weighted by molar-refractivity contribution is 6.30. The maximum absolute atomic E-state index is 12.2. The first-order valence-corrected chi connectivity index (χ1v) is 11.8. The number of nitrogens with zero attached hydrogens (tertiary/aromatic N) is 7. The Labute approximate surface area is 220 Å². The van der Waals surface area contributed by atoms with Crippen LogP contribution < -0.4 is 15.4 Å². The molecule has 14 nitrogen and oxygen atoms in total. The highest BCUT2D eigenvalue weighted by Gasteiger charge is 2.48. The predicted octanol–water partition coefficient (Wildman–Crippen LogP) is 2.95. The summed E-state index contributed by atoms with van der Waals surface area (Å²) in [6.45, 7) is 0.630. The SMILES string of the molecule is CNC(=O)[C@H]1O[C@@H](n2cnc3c(NCc4cc(Cl)ccc4OCc4ccoc4)ncnc32)[C@H](O)[C@@H]1N=[N+]=[N-]. The van der Waals surface area contributed by atoms with Gasteiger partial charge in [-0.15, -0.1) is 0 Å². The first-order chi connectivity index (χ1) is 18.5. The number of nitrogens with one attached hydrogen (secondary N) is 2. The summed E-state index contributed by atoms with van der Waals surface area (Å²) in [7, 11) is 1.42. The van der Waals surface area contributed by atoms with Crippen LogP contribution in [0.4, 0.5) is 5.82 Å². The van der Waals surface area contributed by atoms with Crippen LogP contribution in [0.25, 0.3) is 21.6 Å². The molecule has 15 heteroatoms. The number of likely N-dealkylation sites (N-methyl/N-ethyl adjacent to an activating group) is 1. The molecule has 0 bridgehead atoms. The Hall–Kier alpha value is -4.36. The zero-order valence-corrected chi connectivity index (χ0v) is 20.7. The van der Waals surface area contributed by atoms with Crippen LogP contribution in [0.15, 0.2) is 59.0 Å². The van der Waals surface area contributed by atoms with Crippen molar-refractivity contribution >= 4 is 34.5 Å². The maximum atomic E-state index is 12.2. The van der Waals surface area contributed by atoms with E-state index >= 15 is 0 Å². The first-order valence-electron chi connectivity index (χ1n) is 11.4. The van der Waals surface area contributed by atoms with Crippen molar-refractivity contribution in [3.8, 4) is 5.75 Å². The Balaban J connectivity index is 1.38. The van der Waals surface area contributed by atoms with E-state index in [4.69, 9.17) is 31.0 Å². The summed E-state index contributed by atoms with van der Waals surface area (Å²) in [4.78, 5) is 28.0. The normalized spacial score (nSPS) is 20.7. The Morgan fingerprint density at radius 1 is 1.34 bits per heavy atom. The van der Waals surface area contributed by atoms with Crippen molar-refractivity contribution in [2.75, 3.05) is 12.4 Å². The van der Waals surface area contributed by atoms with Crippen LogP contribution >= 0.6 is 11.6 Å². The van der Waals surface area contributed by atoms with Gasteiger partial charge in [0.25, 0.3) is 0 Å². The standard InChI is InChI=1S/C23H22ClN9O5/c1-26-22(35)19-16(31-32-25)18(34)23(38-19)33-11-30-17-20(28-10-29-21(17)33)27-7-13-6-14(24)2-3-15(13)37-9-12-4-5-36-8-12/h2-6,8,10-11,16,18-19,23,34H,7,9H2,1H3,(H,26,35)(H,27,28,29)/t16-,18+,19-,23+/m0/s1. The van der Waals surface area contributed by atoms with Crippen LogP contribution in [-0.4, -0.2) is 55.8 Å². The predicted molar refractivity (Wildman–Crippen MR) is 134 cm³/mol. The van der Waals surface area contributed by atoms with Gasteiger partial charge < -0.3 is 29.6 Å². The van der Waals surface area contributed by atoms with E-state index in [1.807, 2.05) is 6.07 Å². The number of rotatable bonds is 9. The van der Waals surface area contributed by atoms with Crippen molar-refractivity contribution < 1.29 is 23.8 Å². The second-order valence-corrected chi connectivity index (χ2v) is 8.76. The minimum Gasteiger partial charge on any atom is -0.488 e. The van der Waals surface area contributed by atoms with Crippen molar-refractivity contribution in [2.24, 2.45) is 5.11 Å². The molecule has 3 N–H and O–H groups in total. The van der Waals surface area contributed by atoms with Crippen LogP contribution in [0.2, 0.25) is 5.02 Å². The average molecular weight is 540 g/mol. The molecule has 0 spiro atoms. The highest BCUT2D eigenvalue weighted by atomic mass is 35.5. The molecule has 1 aromatic carbocycles.